The number of hydrogen-bond acceptors (Lipinski definition) is 3. The summed E-state index contributed by atoms with van der Waals surface area (Å²) in [6, 6.07) is 14.8. The van der Waals surface area contributed by atoms with Gasteiger partial charge in [0.25, 0.3) is 0 Å². The Morgan fingerprint density at radius 2 is 1.85 bits per heavy atom. The Balaban J connectivity index is 1.72. The van der Waals surface area contributed by atoms with Crippen LogP contribution in [0.2, 0.25) is 10.0 Å². The van der Waals surface area contributed by atoms with Gasteiger partial charge in [-0.3, -0.25) is 0 Å². The van der Waals surface area contributed by atoms with Crippen LogP contribution >= 0.6 is 35.4 Å². The maximum Gasteiger partial charge on any atom is 0.417 e. The average molecular weight is 520 g/mol. The summed E-state index contributed by atoms with van der Waals surface area (Å²) in [5.41, 5.74) is 1.14. The van der Waals surface area contributed by atoms with Gasteiger partial charge in [-0.1, -0.05) is 74.7 Å². The number of halogens is 2. The van der Waals surface area contributed by atoms with Crippen LogP contribution in [0.5, 0.6) is 0 Å². The fourth-order valence-electron chi connectivity index (χ4n) is 5.52. The van der Waals surface area contributed by atoms with E-state index in [1.807, 2.05) is 55.5 Å². The van der Waals surface area contributed by atoms with Crippen molar-refractivity contribution in [3.63, 3.8) is 0 Å². The molecule has 1 N–H and O–H groups in total. The molecule has 4 nitrogen and oxygen atoms in total. The molecule has 5 atom stereocenters. The summed E-state index contributed by atoms with van der Waals surface area (Å²) in [7, 11) is 0. The van der Waals surface area contributed by atoms with E-state index in [-0.39, 0.29) is 6.10 Å². The van der Waals surface area contributed by atoms with Crippen LogP contribution in [-0.2, 0) is 10.3 Å². The molecule has 1 saturated heterocycles. The molecule has 2 aromatic rings. The van der Waals surface area contributed by atoms with Crippen LogP contribution in [0.1, 0.15) is 64.1 Å². The van der Waals surface area contributed by atoms with E-state index in [0.29, 0.717) is 32.9 Å². The molecule has 1 amide bonds. The summed E-state index contributed by atoms with van der Waals surface area (Å²) in [5.74, 6) is 1.32. The zero-order valence-corrected chi connectivity index (χ0v) is 22.4. The molecule has 7 heteroatoms. The van der Waals surface area contributed by atoms with Gasteiger partial charge in [0, 0.05) is 10.0 Å². The molecule has 1 aliphatic carbocycles. The topological polar surface area (TPSA) is 41.6 Å². The molecular formula is C27H32Cl2N2O2S. The number of rotatable bonds is 4. The number of ether oxygens (including phenoxy) is 1. The Bertz CT molecular complexity index is 1060. The fraction of sp³-hybridized carbons (Fsp3) is 0.481. The minimum absolute atomic E-state index is 0.122. The first-order valence-electron chi connectivity index (χ1n) is 11.9. The van der Waals surface area contributed by atoms with Gasteiger partial charge in [0.15, 0.2) is 5.11 Å². The number of benzene rings is 2. The lowest BCUT2D eigenvalue weighted by atomic mass is 9.75. The first kappa shape index (κ1) is 25.3. The van der Waals surface area contributed by atoms with Crippen molar-refractivity contribution in [3.8, 4) is 0 Å². The quantitative estimate of drug-likeness (QED) is 0.420. The van der Waals surface area contributed by atoms with E-state index in [4.69, 9.17) is 40.2 Å². The minimum Gasteiger partial charge on any atom is -0.445 e. The lowest BCUT2D eigenvalue weighted by Crippen LogP contribution is -2.43. The van der Waals surface area contributed by atoms with E-state index in [1.165, 1.54) is 6.42 Å². The van der Waals surface area contributed by atoms with E-state index in [2.05, 4.69) is 26.1 Å². The summed E-state index contributed by atoms with van der Waals surface area (Å²) in [4.78, 5) is 15.4. The molecule has 1 aliphatic heterocycles. The predicted molar refractivity (Wildman–Crippen MR) is 142 cm³/mol. The molecule has 0 radical (unpaired) electrons. The van der Waals surface area contributed by atoms with Gasteiger partial charge >= 0.3 is 6.09 Å². The molecule has 4 rings (SSSR count). The number of hydrogen-bond donors (Lipinski definition) is 1. The highest BCUT2D eigenvalue weighted by atomic mass is 35.5. The number of nitrogens with one attached hydrogen (secondary N) is 1. The van der Waals surface area contributed by atoms with Crippen LogP contribution in [0.3, 0.4) is 0 Å². The van der Waals surface area contributed by atoms with E-state index in [9.17, 15) is 4.79 Å². The highest BCUT2D eigenvalue weighted by Crippen LogP contribution is 2.45. The number of amides is 1. The molecule has 0 spiro atoms. The third-order valence-electron chi connectivity index (χ3n) is 7.41. The molecule has 2 aromatic carbocycles. The summed E-state index contributed by atoms with van der Waals surface area (Å²) in [6.45, 7) is 8.68. The molecule has 182 valence electrons. The third kappa shape index (κ3) is 4.93. The van der Waals surface area contributed by atoms with Crippen LogP contribution in [0, 0.1) is 17.8 Å². The lowest BCUT2D eigenvalue weighted by molar-refractivity contribution is -0.00700. The third-order valence-corrected chi connectivity index (χ3v) is 8.20. The Kier molecular flexibility index (Phi) is 7.47. The summed E-state index contributed by atoms with van der Waals surface area (Å²) in [5, 5.41) is 5.01. The maximum atomic E-state index is 13.8. The highest BCUT2D eigenvalue weighted by Gasteiger charge is 2.52. The number of carbonyl (C=O) groups is 1. The van der Waals surface area contributed by atoms with E-state index in [0.717, 1.165) is 24.0 Å². The lowest BCUT2D eigenvalue weighted by Gasteiger charge is -2.38. The van der Waals surface area contributed by atoms with Gasteiger partial charge in [-0.15, -0.1) is 0 Å². The van der Waals surface area contributed by atoms with Gasteiger partial charge in [0.2, 0.25) is 0 Å². The van der Waals surface area contributed by atoms with Crippen molar-refractivity contribution in [1.29, 1.82) is 0 Å². The second-order valence-corrected chi connectivity index (χ2v) is 11.5. The number of nitrogens with zero attached hydrogens (tertiary/aromatic N) is 1. The Morgan fingerprint density at radius 3 is 2.50 bits per heavy atom. The summed E-state index contributed by atoms with van der Waals surface area (Å²) in [6.07, 6.45) is 2.58. The van der Waals surface area contributed by atoms with Gasteiger partial charge in [-0.05, 0) is 85.1 Å². The number of carbonyl (C=O) groups excluding carboxylic acids is 1. The van der Waals surface area contributed by atoms with E-state index < -0.39 is 17.7 Å². The molecule has 0 aromatic heterocycles. The summed E-state index contributed by atoms with van der Waals surface area (Å²) >= 11 is 18.2. The molecule has 1 unspecified atom stereocenters. The Morgan fingerprint density at radius 1 is 1.15 bits per heavy atom. The Labute approximate surface area is 218 Å². The van der Waals surface area contributed by atoms with Crippen molar-refractivity contribution >= 4 is 46.6 Å². The van der Waals surface area contributed by atoms with Crippen molar-refractivity contribution in [1.82, 2.24) is 10.2 Å². The van der Waals surface area contributed by atoms with Crippen molar-refractivity contribution in [2.45, 2.75) is 64.6 Å². The molecule has 2 aliphatic rings. The van der Waals surface area contributed by atoms with Gasteiger partial charge in [0.1, 0.15) is 6.10 Å². The minimum atomic E-state index is -0.702. The zero-order chi connectivity index (χ0) is 24.6. The molecule has 1 saturated carbocycles. The smallest absolute Gasteiger partial charge is 0.417 e. The molecule has 0 bridgehead atoms. The largest absolute Gasteiger partial charge is 0.445 e. The zero-order valence-electron chi connectivity index (χ0n) is 20.1. The van der Waals surface area contributed by atoms with Crippen LogP contribution < -0.4 is 5.32 Å². The monoisotopic (exact) mass is 518 g/mol. The normalized spacial score (nSPS) is 29.3. The van der Waals surface area contributed by atoms with Crippen LogP contribution in [0.25, 0.3) is 0 Å². The molecule has 2 fully saturated rings. The van der Waals surface area contributed by atoms with Gasteiger partial charge in [-0.2, -0.15) is 0 Å². The van der Waals surface area contributed by atoms with Crippen LogP contribution in [0.15, 0.2) is 48.5 Å². The van der Waals surface area contributed by atoms with Crippen molar-refractivity contribution in [3.05, 3.63) is 69.7 Å². The average Bonchev–Trinajstić information content (AvgIpc) is 3.05. The number of thiocarbonyl (C=S) groups is 1. The predicted octanol–water partition coefficient (Wildman–Crippen LogP) is 7.74. The Hall–Kier alpha value is -1.82. The van der Waals surface area contributed by atoms with Crippen molar-refractivity contribution in [2.75, 3.05) is 0 Å². The van der Waals surface area contributed by atoms with Gasteiger partial charge in [-0.25, -0.2) is 9.69 Å². The van der Waals surface area contributed by atoms with Crippen molar-refractivity contribution in [2.24, 2.45) is 17.8 Å². The molecular weight excluding hydrogens is 487 g/mol. The van der Waals surface area contributed by atoms with E-state index >= 15 is 0 Å². The first-order valence-corrected chi connectivity index (χ1v) is 13.1. The summed E-state index contributed by atoms with van der Waals surface area (Å²) < 4.78 is 6.23. The molecule has 1 heterocycles. The standard InChI is InChI=1S/C27H32Cl2N2O2S/c1-16(2)22-13-8-17(3)14-23(22)33-26(32)31-24(18-9-11-20(28)12-10-18)27(4,30-25(31)34)19-6-5-7-21(29)15-19/h5-7,9-12,15-17,22-24H,8,13-14H2,1-4H3,(H,30,34)/t17-,22+,23?,24-,27+/m1/s1. The second-order valence-electron chi connectivity index (χ2n) is 10.2. The van der Waals surface area contributed by atoms with Crippen molar-refractivity contribution < 1.29 is 9.53 Å². The van der Waals surface area contributed by atoms with E-state index in [1.54, 1.807) is 4.90 Å². The highest BCUT2D eigenvalue weighted by molar-refractivity contribution is 7.80. The first-order chi connectivity index (χ1) is 16.1. The fourth-order valence-corrected chi connectivity index (χ4v) is 6.23. The molecule has 34 heavy (non-hydrogen) atoms. The van der Waals surface area contributed by atoms with Crippen LogP contribution in [-0.4, -0.2) is 22.2 Å². The SMILES string of the molecule is CC(C)[C@@H]1CC[C@@H](C)CC1OC(=O)N1C(=S)N[C@@](C)(c2cccc(Cl)c2)[C@H]1c1ccc(Cl)cc1. The second kappa shape index (κ2) is 10.0. The maximum absolute atomic E-state index is 13.8. The van der Waals surface area contributed by atoms with Gasteiger partial charge < -0.3 is 10.1 Å². The van der Waals surface area contributed by atoms with Gasteiger partial charge in [0.05, 0.1) is 11.6 Å². The van der Waals surface area contributed by atoms with Crippen LogP contribution in [0.4, 0.5) is 4.79 Å².